The lowest BCUT2D eigenvalue weighted by Gasteiger charge is -2.38. The first kappa shape index (κ1) is 21.8. The van der Waals surface area contributed by atoms with Crippen LogP contribution < -0.4 is 15.5 Å². The van der Waals surface area contributed by atoms with Gasteiger partial charge in [0, 0.05) is 26.3 Å². The second-order valence-electron chi connectivity index (χ2n) is 6.89. The lowest BCUT2D eigenvalue weighted by molar-refractivity contribution is 0.0488. The van der Waals surface area contributed by atoms with E-state index in [9.17, 15) is 9.59 Å². The molecule has 4 rings (SSSR count). The first-order chi connectivity index (χ1) is 15.5. The topological polar surface area (TPSA) is 70.7 Å². The van der Waals surface area contributed by atoms with Crippen molar-refractivity contribution in [3.8, 4) is 18.1 Å². The normalized spacial score (nSPS) is 14.7. The lowest BCUT2D eigenvalue weighted by atomic mass is 10.0. The Hall–Kier alpha value is -3.47. The van der Waals surface area contributed by atoms with Gasteiger partial charge < -0.3 is 10.1 Å². The number of para-hydroxylation sites is 1. The Bertz CT molecular complexity index is 1220. The van der Waals surface area contributed by atoms with Crippen LogP contribution in [0, 0.1) is 12.3 Å². The van der Waals surface area contributed by atoms with Crippen molar-refractivity contribution in [1.29, 1.82) is 0 Å². The number of anilines is 1. The van der Waals surface area contributed by atoms with E-state index < -0.39 is 12.1 Å². The molecule has 0 spiro atoms. The Morgan fingerprint density at radius 3 is 2.69 bits per heavy atom. The quantitative estimate of drug-likeness (QED) is 0.473. The smallest absolute Gasteiger partial charge is 0.276 e. The highest BCUT2D eigenvalue weighted by atomic mass is 79.9. The molecule has 0 aromatic heterocycles. The molecule has 160 valence electrons. The van der Waals surface area contributed by atoms with E-state index in [-0.39, 0.29) is 12.5 Å². The highest BCUT2D eigenvalue weighted by molar-refractivity contribution is 9.10. The molecule has 1 aliphatic rings. The molecule has 1 atom stereocenters. The first-order valence-electron chi connectivity index (χ1n) is 9.59. The highest BCUT2D eigenvalue weighted by Gasteiger charge is 2.36. The molecule has 1 unspecified atom stereocenters. The molecule has 0 aliphatic carbocycles. The van der Waals surface area contributed by atoms with Crippen LogP contribution in [0.25, 0.3) is 0 Å². The highest BCUT2D eigenvalue weighted by Crippen LogP contribution is 2.37. The van der Waals surface area contributed by atoms with Crippen LogP contribution in [0.4, 0.5) is 5.69 Å². The monoisotopic (exact) mass is 509 g/mol. The Labute approximate surface area is 198 Å². The zero-order chi connectivity index (χ0) is 22.7. The number of ether oxygens (including phenoxy) is 1. The number of nitrogens with one attached hydrogen (secondary N) is 2. The molecule has 0 radical (unpaired) electrons. The van der Waals surface area contributed by atoms with Gasteiger partial charge in [0.15, 0.2) is 6.17 Å². The van der Waals surface area contributed by atoms with Crippen molar-refractivity contribution >= 4 is 45.0 Å². The number of fused-ring (bicyclic) bond motifs is 1. The number of carbonyl (C=O) groups excluding carboxylic acids is 2. The van der Waals surface area contributed by atoms with E-state index in [1.165, 1.54) is 5.01 Å². The Morgan fingerprint density at radius 1 is 1.19 bits per heavy atom. The number of benzene rings is 3. The number of hydrazine groups is 1. The number of terminal acetylenes is 1. The third-order valence-corrected chi connectivity index (χ3v) is 5.58. The summed E-state index contributed by atoms with van der Waals surface area (Å²) in [5.41, 5.74) is 4.78. The zero-order valence-corrected chi connectivity index (χ0v) is 19.0. The summed E-state index contributed by atoms with van der Waals surface area (Å²) in [5, 5.41) is 5.08. The maximum Gasteiger partial charge on any atom is 0.276 e. The lowest BCUT2D eigenvalue weighted by Crippen LogP contribution is -2.53. The number of nitrogens with zero attached hydrogens (tertiary/aromatic N) is 1. The third kappa shape index (κ3) is 4.42. The summed E-state index contributed by atoms with van der Waals surface area (Å²) >= 11 is 9.39. The summed E-state index contributed by atoms with van der Waals surface area (Å²) in [6, 6.07) is 18.9. The van der Waals surface area contributed by atoms with Gasteiger partial charge in [0.1, 0.15) is 12.4 Å². The van der Waals surface area contributed by atoms with Gasteiger partial charge in [-0.15, -0.1) is 6.42 Å². The second-order valence-corrected chi connectivity index (χ2v) is 8.24. The van der Waals surface area contributed by atoms with E-state index in [0.717, 1.165) is 4.47 Å². The molecule has 1 aliphatic heterocycles. The number of carbonyl (C=O) groups is 2. The molecule has 0 fully saturated rings. The van der Waals surface area contributed by atoms with E-state index in [2.05, 4.69) is 32.6 Å². The van der Waals surface area contributed by atoms with E-state index in [0.29, 0.717) is 33.1 Å². The molecule has 0 saturated heterocycles. The van der Waals surface area contributed by atoms with Gasteiger partial charge in [-0.1, -0.05) is 45.6 Å². The summed E-state index contributed by atoms with van der Waals surface area (Å²) in [4.78, 5) is 26.3. The molecule has 1 heterocycles. The molecule has 0 bridgehead atoms. The second kappa shape index (κ2) is 9.35. The zero-order valence-electron chi connectivity index (χ0n) is 16.6. The first-order valence-corrected chi connectivity index (χ1v) is 10.8. The van der Waals surface area contributed by atoms with Gasteiger partial charge >= 0.3 is 0 Å². The third-order valence-electron chi connectivity index (χ3n) is 4.83. The molecule has 3 aromatic rings. The average molecular weight is 511 g/mol. The predicted molar refractivity (Wildman–Crippen MR) is 126 cm³/mol. The van der Waals surface area contributed by atoms with Gasteiger partial charge in [-0.25, -0.2) is 5.01 Å². The molecule has 0 saturated carbocycles. The molecule has 32 heavy (non-hydrogen) atoms. The van der Waals surface area contributed by atoms with Crippen molar-refractivity contribution < 1.29 is 14.3 Å². The van der Waals surface area contributed by atoms with Crippen molar-refractivity contribution in [3.63, 3.8) is 0 Å². The van der Waals surface area contributed by atoms with Gasteiger partial charge in [-0.05, 0) is 54.6 Å². The van der Waals surface area contributed by atoms with Gasteiger partial charge in [0.05, 0.1) is 5.56 Å². The fraction of sp³-hybridized carbons (Fsp3) is 0.0833. The number of halogens is 2. The largest absolute Gasteiger partial charge is 0.481 e. The average Bonchev–Trinajstić information content (AvgIpc) is 2.80. The summed E-state index contributed by atoms with van der Waals surface area (Å²) in [6.45, 7) is 0.0586. The Morgan fingerprint density at radius 2 is 1.94 bits per heavy atom. The standard InChI is InChI=1S/C24H17BrClN3O3/c1-2-13-32-21-12-9-16(25)14-19(21)22-27-20-6-4-3-5-18(20)24(31)29(22)28-23(30)15-7-10-17(26)11-8-15/h1,3-12,14,22,27H,13H2,(H,28,30). The fourth-order valence-electron chi connectivity index (χ4n) is 3.35. The van der Waals surface area contributed by atoms with E-state index in [1.807, 2.05) is 18.2 Å². The molecule has 2 amide bonds. The van der Waals surface area contributed by atoms with Crippen molar-refractivity contribution in [2.45, 2.75) is 6.17 Å². The van der Waals surface area contributed by atoms with E-state index >= 15 is 0 Å². The van der Waals surface area contributed by atoms with Crippen LogP contribution >= 0.6 is 27.5 Å². The summed E-state index contributed by atoms with van der Waals surface area (Å²) in [6.07, 6.45) is 4.61. The maximum atomic E-state index is 13.4. The van der Waals surface area contributed by atoms with Crippen molar-refractivity contribution in [2.75, 3.05) is 11.9 Å². The van der Waals surface area contributed by atoms with Gasteiger partial charge in [-0.3, -0.25) is 15.0 Å². The summed E-state index contributed by atoms with van der Waals surface area (Å²) in [7, 11) is 0. The molecular weight excluding hydrogens is 494 g/mol. The fourth-order valence-corrected chi connectivity index (χ4v) is 3.85. The number of amides is 2. The maximum absolute atomic E-state index is 13.4. The van der Waals surface area contributed by atoms with Crippen LogP contribution in [0.2, 0.25) is 5.02 Å². The number of rotatable bonds is 5. The minimum Gasteiger partial charge on any atom is -0.481 e. The van der Waals surface area contributed by atoms with Crippen LogP contribution in [0.15, 0.2) is 71.2 Å². The van der Waals surface area contributed by atoms with Crippen LogP contribution in [-0.2, 0) is 0 Å². The van der Waals surface area contributed by atoms with Gasteiger partial charge in [0.25, 0.3) is 11.8 Å². The summed E-state index contributed by atoms with van der Waals surface area (Å²) < 4.78 is 6.48. The minimum atomic E-state index is -0.751. The molecule has 2 N–H and O–H groups in total. The Kier molecular flexibility index (Phi) is 6.35. The SMILES string of the molecule is C#CCOc1ccc(Br)cc1C1Nc2ccccc2C(=O)N1NC(=O)c1ccc(Cl)cc1. The van der Waals surface area contributed by atoms with Crippen molar-refractivity contribution in [1.82, 2.24) is 10.4 Å². The number of hydrogen-bond acceptors (Lipinski definition) is 4. The molecule has 6 nitrogen and oxygen atoms in total. The molecule has 8 heteroatoms. The van der Waals surface area contributed by atoms with Gasteiger partial charge in [-0.2, -0.15) is 0 Å². The Balaban J connectivity index is 1.76. The van der Waals surface area contributed by atoms with E-state index in [1.54, 1.807) is 48.5 Å². The van der Waals surface area contributed by atoms with Crippen LogP contribution in [0.1, 0.15) is 32.4 Å². The van der Waals surface area contributed by atoms with E-state index in [4.69, 9.17) is 22.8 Å². The van der Waals surface area contributed by atoms with Crippen LogP contribution in [0.3, 0.4) is 0 Å². The van der Waals surface area contributed by atoms with Crippen molar-refractivity contribution in [3.05, 3.63) is 92.9 Å². The molecular formula is C24H17BrClN3O3. The summed E-state index contributed by atoms with van der Waals surface area (Å²) in [5.74, 6) is 2.10. The number of hydrogen-bond donors (Lipinski definition) is 2. The van der Waals surface area contributed by atoms with Crippen LogP contribution in [-0.4, -0.2) is 23.4 Å². The van der Waals surface area contributed by atoms with Crippen molar-refractivity contribution in [2.24, 2.45) is 0 Å². The predicted octanol–water partition coefficient (Wildman–Crippen LogP) is 5.03. The van der Waals surface area contributed by atoms with Gasteiger partial charge in [0.2, 0.25) is 0 Å². The minimum absolute atomic E-state index is 0.0586. The van der Waals surface area contributed by atoms with Crippen LogP contribution in [0.5, 0.6) is 5.75 Å². The molecule has 3 aromatic carbocycles.